The van der Waals surface area contributed by atoms with Gasteiger partial charge in [-0.1, -0.05) is 18.2 Å². The van der Waals surface area contributed by atoms with Gasteiger partial charge >= 0.3 is 0 Å². The predicted octanol–water partition coefficient (Wildman–Crippen LogP) is 4.94. The molecular weight excluding hydrogens is 341 g/mol. The highest BCUT2D eigenvalue weighted by molar-refractivity contribution is 5.96. The summed E-state index contributed by atoms with van der Waals surface area (Å²) in [5, 5.41) is 4.04. The lowest BCUT2D eigenvalue weighted by Crippen LogP contribution is -2.18. The van der Waals surface area contributed by atoms with Gasteiger partial charge in [0, 0.05) is 18.0 Å². The topological polar surface area (TPSA) is 42.0 Å². The van der Waals surface area contributed by atoms with E-state index in [1.165, 1.54) is 12.1 Å². The molecule has 1 aliphatic carbocycles. The molecule has 0 radical (unpaired) electrons. The van der Waals surface area contributed by atoms with Crippen LogP contribution in [0.4, 0.5) is 19.0 Å². The fourth-order valence-corrected chi connectivity index (χ4v) is 2.99. The average molecular weight is 356 g/mol. The summed E-state index contributed by atoms with van der Waals surface area (Å²) in [5.41, 5.74) is 2.60. The van der Waals surface area contributed by atoms with E-state index in [1.807, 2.05) is 25.1 Å². The van der Waals surface area contributed by atoms with E-state index in [-0.39, 0.29) is 11.6 Å². The van der Waals surface area contributed by atoms with E-state index in [9.17, 15) is 18.0 Å². The van der Waals surface area contributed by atoms with E-state index in [0.29, 0.717) is 0 Å². The molecule has 0 bridgehead atoms. The number of anilines is 1. The minimum absolute atomic E-state index is 0.236. The van der Waals surface area contributed by atoms with Crippen LogP contribution in [0.3, 0.4) is 0 Å². The molecule has 3 aromatic rings. The van der Waals surface area contributed by atoms with Crippen LogP contribution >= 0.6 is 0 Å². The second kappa shape index (κ2) is 5.83. The Morgan fingerprint density at radius 1 is 1.15 bits per heavy atom. The molecule has 2 aromatic carbocycles. The van der Waals surface area contributed by atoms with Crippen LogP contribution in [0.2, 0.25) is 0 Å². The summed E-state index contributed by atoms with van der Waals surface area (Å²) in [6.45, 7) is 1.91. The Kier molecular flexibility index (Phi) is 3.72. The first kappa shape index (κ1) is 16.6. The molecule has 3 nitrogen and oxygen atoms in total. The summed E-state index contributed by atoms with van der Waals surface area (Å²) >= 11 is 0. The molecule has 26 heavy (non-hydrogen) atoms. The molecule has 132 valence electrons. The summed E-state index contributed by atoms with van der Waals surface area (Å²) in [6, 6.07) is 11.8. The zero-order valence-electron chi connectivity index (χ0n) is 13.9. The van der Waals surface area contributed by atoms with Crippen LogP contribution in [0.1, 0.15) is 12.0 Å². The number of amides is 1. The van der Waals surface area contributed by atoms with E-state index in [0.717, 1.165) is 27.5 Å². The van der Waals surface area contributed by atoms with Crippen molar-refractivity contribution in [2.24, 2.45) is 5.92 Å². The Labute approximate surface area is 147 Å². The zero-order valence-corrected chi connectivity index (χ0v) is 13.9. The number of nitrogens with one attached hydrogen (secondary N) is 1. The van der Waals surface area contributed by atoms with Crippen LogP contribution in [0.5, 0.6) is 0 Å². The molecule has 1 unspecified atom stereocenters. The normalized spacial score (nSPS) is 17.9. The summed E-state index contributed by atoms with van der Waals surface area (Å²) < 4.78 is 39.5. The van der Waals surface area contributed by atoms with Crippen LogP contribution in [0.15, 0.2) is 48.7 Å². The number of aryl methyl sites for hydroxylation is 1. The van der Waals surface area contributed by atoms with Gasteiger partial charge in [0.1, 0.15) is 17.6 Å². The SMILES string of the molecule is Cc1ccc(F)cc1-c1ccc2cc(NC(=O)C3CC3(F)F)ncc2c1. The quantitative estimate of drug-likeness (QED) is 0.722. The van der Waals surface area contributed by atoms with Crippen molar-refractivity contribution >= 4 is 22.5 Å². The summed E-state index contributed by atoms with van der Waals surface area (Å²) in [5.74, 6) is -4.95. The van der Waals surface area contributed by atoms with Gasteiger partial charge in [-0.25, -0.2) is 18.2 Å². The van der Waals surface area contributed by atoms with Gasteiger partial charge < -0.3 is 5.32 Å². The minimum atomic E-state index is -2.90. The number of hydrogen-bond acceptors (Lipinski definition) is 2. The van der Waals surface area contributed by atoms with E-state index in [2.05, 4.69) is 10.3 Å². The summed E-state index contributed by atoms with van der Waals surface area (Å²) in [4.78, 5) is 15.9. The lowest BCUT2D eigenvalue weighted by atomic mass is 9.98. The highest BCUT2D eigenvalue weighted by Gasteiger charge is 2.61. The van der Waals surface area contributed by atoms with Gasteiger partial charge in [0.05, 0.1) is 0 Å². The Bertz CT molecular complexity index is 1030. The fourth-order valence-electron chi connectivity index (χ4n) is 2.99. The number of rotatable bonds is 3. The van der Waals surface area contributed by atoms with Gasteiger partial charge in [-0.2, -0.15) is 0 Å². The third-order valence-corrected chi connectivity index (χ3v) is 4.63. The molecule has 4 rings (SSSR count). The standard InChI is InChI=1S/C20H15F3N2O/c1-11-2-5-15(21)8-16(11)13-4-3-12-7-18(24-10-14(12)6-13)25-19(26)17-9-20(17,22)23/h2-8,10,17H,9H2,1H3,(H,24,25,26). The monoisotopic (exact) mass is 356 g/mol. The maximum Gasteiger partial charge on any atom is 0.260 e. The predicted molar refractivity (Wildman–Crippen MR) is 93.6 cm³/mol. The summed E-state index contributed by atoms with van der Waals surface area (Å²) in [7, 11) is 0. The summed E-state index contributed by atoms with van der Waals surface area (Å²) in [6.07, 6.45) is 1.15. The third kappa shape index (κ3) is 3.03. The number of fused-ring (bicyclic) bond motifs is 1. The van der Waals surface area contributed by atoms with Crippen LogP contribution in [-0.2, 0) is 4.79 Å². The number of pyridine rings is 1. The fraction of sp³-hybridized carbons (Fsp3) is 0.200. The Hall–Kier alpha value is -2.89. The molecule has 1 aromatic heterocycles. The molecular formula is C20H15F3N2O. The maximum atomic E-state index is 13.5. The van der Waals surface area contributed by atoms with Gasteiger partial charge in [0.2, 0.25) is 5.91 Å². The lowest BCUT2D eigenvalue weighted by molar-refractivity contribution is -0.119. The largest absolute Gasteiger partial charge is 0.310 e. The van der Waals surface area contributed by atoms with Crippen molar-refractivity contribution in [2.45, 2.75) is 19.3 Å². The van der Waals surface area contributed by atoms with Gasteiger partial charge in [0.25, 0.3) is 5.92 Å². The number of aromatic nitrogens is 1. The Morgan fingerprint density at radius 3 is 2.65 bits per heavy atom. The van der Waals surface area contributed by atoms with Gasteiger partial charge in [-0.3, -0.25) is 4.79 Å². The van der Waals surface area contributed by atoms with Crippen LogP contribution in [0.25, 0.3) is 21.9 Å². The van der Waals surface area contributed by atoms with Gasteiger partial charge in [-0.15, -0.1) is 0 Å². The minimum Gasteiger partial charge on any atom is -0.310 e. The van der Waals surface area contributed by atoms with E-state index in [4.69, 9.17) is 0 Å². The van der Waals surface area contributed by atoms with Crippen molar-refractivity contribution in [3.8, 4) is 11.1 Å². The van der Waals surface area contributed by atoms with Crippen LogP contribution in [0, 0.1) is 18.7 Å². The average Bonchev–Trinajstić information content (AvgIpc) is 3.25. The molecule has 0 saturated heterocycles. The molecule has 6 heteroatoms. The lowest BCUT2D eigenvalue weighted by Gasteiger charge is -2.09. The van der Waals surface area contributed by atoms with Crippen molar-refractivity contribution in [2.75, 3.05) is 5.32 Å². The number of carbonyl (C=O) groups excluding carboxylic acids is 1. The van der Waals surface area contributed by atoms with Crippen molar-refractivity contribution in [3.63, 3.8) is 0 Å². The van der Waals surface area contributed by atoms with Crippen LogP contribution in [-0.4, -0.2) is 16.8 Å². The van der Waals surface area contributed by atoms with Crippen molar-refractivity contribution in [1.82, 2.24) is 4.98 Å². The molecule has 1 aliphatic rings. The molecule has 1 saturated carbocycles. The smallest absolute Gasteiger partial charge is 0.260 e. The number of carbonyl (C=O) groups is 1. The molecule has 1 fully saturated rings. The van der Waals surface area contributed by atoms with E-state index >= 15 is 0 Å². The molecule has 1 heterocycles. The van der Waals surface area contributed by atoms with E-state index in [1.54, 1.807) is 18.3 Å². The van der Waals surface area contributed by atoms with Gasteiger partial charge in [0.15, 0.2) is 0 Å². The molecule has 1 amide bonds. The molecule has 1 atom stereocenters. The molecule has 0 aliphatic heterocycles. The third-order valence-electron chi connectivity index (χ3n) is 4.63. The van der Waals surface area contributed by atoms with E-state index < -0.39 is 24.2 Å². The number of halogens is 3. The number of benzene rings is 2. The number of nitrogens with zero attached hydrogens (tertiary/aromatic N) is 1. The Morgan fingerprint density at radius 2 is 1.92 bits per heavy atom. The first-order valence-corrected chi connectivity index (χ1v) is 8.18. The maximum absolute atomic E-state index is 13.5. The first-order chi connectivity index (χ1) is 12.3. The highest BCUT2D eigenvalue weighted by atomic mass is 19.3. The second-order valence-corrected chi connectivity index (χ2v) is 6.60. The second-order valence-electron chi connectivity index (χ2n) is 6.60. The first-order valence-electron chi connectivity index (χ1n) is 8.18. The number of hydrogen-bond donors (Lipinski definition) is 1. The zero-order chi connectivity index (χ0) is 18.5. The molecule has 1 N–H and O–H groups in total. The van der Waals surface area contributed by atoms with Gasteiger partial charge in [-0.05, 0) is 53.3 Å². The van der Waals surface area contributed by atoms with Crippen LogP contribution < -0.4 is 5.32 Å². The van der Waals surface area contributed by atoms with Crippen molar-refractivity contribution < 1.29 is 18.0 Å². The van der Waals surface area contributed by atoms with Crippen molar-refractivity contribution in [3.05, 3.63) is 60.0 Å². The Balaban J connectivity index is 1.62. The highest BCUT2D eigenvalue weighted by Crippen LogP contribution is 2.49. The number of alkyl halides is 2. The molecule has 0 spiro atoms. The van der Waals surface area contributed by atoms with Crippen molar-refractivity contribution in [1.29, 1.82) is 0 Å².